The van der Waals surface area contributed by atoms with Gasteiger partial charge in [0.2, 0.25) is 0 Å². The lowest BCUT2D eigenvalue weighted by molar-refractivity contribution is -0.00184. The topological polar surface area (TPSA) is 66.6 Å². The molecule has 0 aliphatic carbocycles. The van der Waals surface area contributed by atoms with Crippen LogP contribution < -0.4 is 5.73 Å². The zero-order valence-corrected chi connectivity index (χ0v) is 12.5. The Labute approximate surface area is 126 Å². The number of rotatable bonds is 1. The van der Waals surface area contributed by atoms with Crippen LogP contribution in [0.4, 0.5) is 10.1 Å². The molecule has 2 heterocycles. The molecule has 112 valence electrons. The van der Waals surface area contributed by atoms with Gasteiger partial charge in [-0.1, -0.05) is 0 Å². The number of carbonyl (C=O) groups is 1. The van der Waals surface area contributed by atoms with Gasteiger partial charge >= 0.3 is 0 Å². The van der Waals surface area contributed by atoms with E-state index >= 15 is 0 Å². The molecule has 2 aromatic rings. The summed E-state index contributed by atoms with van der Waals surface area (Å²) in [6, 6.07) is 4.37. The number of nitrogens with two attached hydrogens (primary N) is 1. The molecule has 1 saturated heterocycles. The number of hydrogen-bond donors (Lipinski definition) is 2. The van der Waals surface area contributed by atoms with Gasteiger partial charge in [0.25, 0.3) is 5.91 Å². The average Bonchev–Trinajstić information content (AvgIpc) is 2.75. The number of hydrogen-bond acceptors (Lipinski definition) is 4. The summed E-state index contributed by atoms with van der Waals surface area (Å²) in [5.74, 6) is -0.496. The van der Waals surface area contributed by atoms with Gasteiger partial charge in [-0.3, -0.25) is 4.79 Å². The molecule has 1 aliphatic rings. The van der Waals surface area contributed by atoms with Gasteiger partial charge in [0, 0.05) is 23.2 Å². The molecule has 3 N–H and O–H groups in total. The minimum absolute atomic E-state index is 0.135. The third-order valence-electron chi connectivity index (χ3n) is 4.01. The molecule has 3 rings (SSSR count). The highest BCUT2D eigenvalue weighted by molar-refractivity contribution is 7.21. The lowest BCUT2D eigenvalue weighted by Crippen LogP contribution is -2.45. The van der Waals surface area contributed by atoms with Gasteiger partial charge < -0.3 is 15.7 Å². The van der Waals surface area contributed by atoms with E-state index in [2.05, 4.69) is 0 Å². The summed E-state index contributed by atoms with van der Waals surface area (Å²) in [7, 11) is 0. The first-order valence-corrected chi connectivity index (χ1v) is 7.68. The van der Waals surface area contributed by atoms with Crippen LogP contribution in [-0.2, 0) is 0 Å². The number of fused-ring (bicyclic) bond motifs is 1. The molecule has 1 aromatic heterocycles. The summed E-state index contributed by atoms with van der Waals surface area (Å²) < 4.78 is 14.1. The number of piperidine rings is 1. The summed E-state index contributed by atoms with van der Waals surface area (Å²) in [4.78, 5) is 14.7. The van der Waals surface area contributed by atoms with E-state index in [0.29, 0.717) is 41.9 Å². The van der Waals surface area contributed by atoms with Crippen LogP contribution in [0.5, 0.6) is 0 Å². The molecule has 0 spiro atoms. The van der Waals surface area contributed by atoms with Crippen molar-refractivity contribution in [1.82, 2.24) is 4.90 Å². The van der Waals surface area contributed by atoms with Gasteiger partial charge in [-0.2, -0.15) is 0 Å². The number of aliphatic hydroxyl groups is 1. The number of nitrogen functional groups attached to an aromatic ring is 1. The third-order valence-corrected chi connectivity index (χ3v) is 5.19. The molecular weight excluding hydrogens is 291 g/mol. The van der Waals surface area contributed by atoms with Crippen LogP contribution in [0.2, 0.25) is 0 Å². The van der Waals surface area contributed by atoms with Crippen LogP contribution in [0, 0.1) is 5.82 Å². The second kappa shape index (κ2) is 4.96. The van der Waals surface area contributed by atoms with Gasteiger partial charge in [0.1, 0.15) is 10.7 Å². The number of halogens is 1. The van der Waals surface area contributed by atoms with E-state index in [-0.39, 0.29) is 11.7 Å². The van der Waals surface area contributed by atoms with Crippen LogP contribution in [0.1, 0.15) is 29.4 Å². The molecule has 1 amide bonds. The summed E-state index contributed by atoms with van der Waals surface area (Å²) in [6.45, 7) is 2.80. The maximum absolute atomic E-state index is 13.3. The van der Waals surface area contributed by atoms with Gasteiger partial charge in [-0.15, -0.1) is 11.3 Å². The van der Waals surface area contributed by atoms with Gasteiger partial charge in [-0.25, -0.2) is 4.39 Å². The number of nitrogens with zero attached hydrogens (tertiary/aromatic N) is 1. The molecule has 0 radical (unpaired) electrons. The molecule has 4 nitrogen and oxygen atoms in total. The Morgan fingerprint density at radius 2 is 2.10 bits per heavy atom. The fourth-order valence-electron chi connectivity index (χ4n) is 2.58. The Kier molecular flexibility index (Phi) is 3.37. The summed E-state index contributed by atoms with van der Waals surface area (Å²) in [5.41, 5.74) is 5.66. The number of amides is 1. The first-order valence-electron chi connectivity index (χ1n) is 6.86. The number of likely N-dealkylation sites (tertiary alicyclic amines) is 1. The van der Waals surface area contributed by atoms with Crippen molar-refractivity contribution in [3.63, 3.8) is 0 Å². The van der Waals surface area contributed by atoms with Gasteiger partial charge in [0.05, 0.1) is 11.3 Å². The van der Waals surface area contributed by atoms with E-state index in [0.717, 1.165) is 4.70 Å². The Morgan fingerprint density at radius 3 is 2.76 bits per heavy atom. The minimum atomic E-state index is -0.703. The highest BCUT2D eigenvalue weighted by atomic mass is 32.1. The van der Waals surface area contributed by atoms with Crippen molar-refractivity contribution >= 4 is 33.0 Å². The number of anilines is 1. The summed E-state index contributed by atoms with van der Waals surface area (Å²) in [5, 5.41) is 10.5. The van der Waals surface area contributed by atoms with E-state index in [9.17, 15) is 14.3 Å². The molecule has 21 heavy (non-hydrogen) atoms. The van der Waals surface area contributed by atoms with Crippen molar-refractivity contribution in [2.45, 2.75) is 25.4 Å². The van der Waals surface area contributed by atoms with E-state index in [4.69, 9.17) is 5.73 Å². The Hall–Kier alpha value is -1.66. The molecule has 6 heteroatoms. The minimum Gasteiger partial charge on any atom is -0.397 e. The average molecular weight is 308 g/mol. The first-order chi connectivity index (χ1) is 9.87. The van der Waals surface area contributed by atoms with Crippen molar-refractivity contribution in [3.05, 3.63) is 28.9 Å². The first kappa shape index (κ1) is 14.3. The molecule has 0 atom stereocenters. The molecule has 0 unspecified atom stereocenters. The maximum atomic E-state index is 13.3. The summed E-state index contributed by atoms with van der Waals surface area (Å²) in [6.07, 6.45) is 1.11. The second-order valence-corrected chi connectivity index (χ2v) is 6.83. The lowest BCUT2D eigenvalue weighted by atomic mass is 9.94. The highest BCUT2D eigenvalue weighted by Gasteiger charge is 2.31. The quantitative estimate of drug-likeness (QED) is 0.851. The number of benzene rings is 1. The largest absolute Gasteiger partial charge is 0.397 e. The number of carbonyl (C=O) groups excluding carboxylic acids is 1. The number of thiophene rings is 1. The van der Waals surface area contributed by atoms with Crippen molar-refractivity contribution in [2.75, 3.05) is 18.8 Å². The van der Waals surface area contributed by atoms with Crippen LogP contribution in [-0.4, -0.2) is 34.6 Å². The second-order valence-electron chi connectivity index (χ2n) is 5.77. The Morgan fingerprint density at radius 1 is 1.43 bits per heavy atom. The molecule has 0 saturated carbocycles. The van der Waals surface area contributed by atoms with Crippen LogP contribution in [0.15, 0.2) is 18.2 Å². The van der Waals surface area contributed by atoms with Crippen LogP contribution in [0.3, 0.4) is 0 Å². The van der Waals surface area contributed by atoms with E-state index < -0.39 is 5.60 Å². The highest BCUT2D eigenvalue weighted by Crippen LogP contribution is 2.35. The fourth-order valence-corrected chi connectivity index (χ4v) is 3.65. The smallest absolute Gasteiger partial charge is 0.266 e. The predicted octanol–water partition coefficient (Wildman–Crippen LogP) is 2.61. The van der Waals surface area contributed by atoms with Crippen molar-refractivity contribution in [2.24, 2.45) is 0 Å². The van der Waals surface area contributed by atoms with E-state index in [1.165, 1.54) is 23.5 Å². The lowest BCUT2D eigenvalue weighted by Gasteiger charge is -2.35. The third kappa shape index (κ3) is 2.61. The van der Waals surface area contributed by atoms with E-state index in [1.54, 1.807) is 17.9 Å². The van der Waals surface area contributed by atoms with Crippen molar-refractivity contribution < 1.29 is 14.3 Å². The predicted molar refractivity (Wildman–Crippen MR) is 82.0 cm³/mol. The van der Waals surface area contributed by atoms with Crippen LogP contribution >= 0.6 is 11.3 Å². The molecule has 1 fully saturated rings. The zero-order valence-electron chi connectivity index (χ0n) is 11.7. The molecule has 1 aromatic carbocycles. The summed E-state index contributed by atoms with van der Waals surface area (Å²) >= 11 is 1.29. The normalized spacial score (nSPS) is 18.1. The zero-order chi connectivity index (χ0) is 15.2. The maximum Gasteiger partial charge on any atom is 0.266 e. The Balaban J connectivity index is 1.90. The van der Waals surface area contributed by atoms with Gasteiger partial charge in [-0.05, 0) is 38.0 Å². The van der Waals surface area contributed by atoms with Crippen LogP contribution in [0.25, 0.3) is 10.1 Å². The SMILES string of the molecule is CC1(O)CCN(C(=O)c2sc3ccc(F)cc3c2N)CC1. The van der Waals surface area contributed by atoms with Crippen molar-refractivity contribution in [1.29, 1.82) is 0 Å². The fraction of sp³-hybridized carbons (Fsp3) is 0.400. The molecule has 1 aliphatic heterocycles. The molecular formula is C15H17FN2O2S. The van der Waals surface area contributed by atoms with E-state index in [1.807, 2.05) is 0 Å². The Bertz CT molecular complexity index is 701. The monoisotopic (exact) mass is 308 g/mol. The molecule has 0 bridgehead atoms. The standard InChI is InChI=1S/C15H17FN2O2S/c1-15(20)4-6-18(7-5-15)14(19)13-12(17)10-8-9(16)2-3-11(10)21-13/h2-3,8,20H,4-7,17H2,1H3. The van der Waals surface area contributed by atoms with Gasteiger partial charge in [0.15, 0.2) is 0 Å². The van der Waals surface area contributed by atoms with Crippen molar-refractivity contribution in [3.8, 4) is 0 Å².